The van der Waals surface area contributed by atoms with Crippen molar-refractivity contribution in [2.45, 2.75) is 62.7 Å². The van der Waals surface area contributed by atoms with Gasteiger partial charge >= 0.3 is 0 Å². The van der Waals surface area contributed by atoms with E-state index >= 15 is 0 Å². The molecule has 5 heteroatoms. The molecule has 3 rings (SSSR count). The number of nitrogens with zero attached hydrogens (tertiary/aromatic N) is 2. The molecule has 0 N–H and O–H groups in total. The lowest BCUT2D eigenvalue weighted by Gasteiger charge is -2.34. The van der Waals surface area contributed by atoms with E-state index in [1.807, 2.05) is 0 Å². The molecule has 2 fully saturated rings. The average Bonchev–Trinajstić information content (AvgIpc) is 2.37. The maximum atomic E-state index is 12.9. The Morgan fingerprint density at radius 3 is 2.42 bits per heavy atom. The minimum absolute atomic E-state index is 0.0985. The number of hydrogen-bond acceptors (Lipinski definition) is 2. The zero-order chi connectivity index (χ0) is 13.5. The van der Waals surface area contributed by atoms with Gasteiger partial charge in [0.2, 0.25) is 5.92 Å². The van der Waals surface area contributed by atoms with Crippen LogP contribution in [0.4, 0.5) is 8.78 Å². The second-order valence-electron chi connectivity index (χ2n) is 5.76. The van der Waals surface area contributed by atoms with Gasteiger partial charge in [0.15, 0.2) is 0 Å². The van der Waals surface area contributed by atoms with Crippen LogP contribution in [-0.2, 0) is 0 Å². The van der Waals surface area contributed by atoms with Gasteiger partial charge in [0.1, 0.15) is 5.82 Å². The van der Waals surface area contributed by atoms with E-state index < -0.39 is 5.92 Å². The summed E-state index contributed by atoms with van der Waals surface area (Å²) in [5.74, 6) is -1.60. The second kappa shape index (κ2) is 5.08. The molecule has 0 saturated heterocycles. The van der Waals surface area contributed by atoms with E-state index in [9.17, 15) is 8.78 Å². The first kappa shape index (κ1) is 13.4. The van der Waals surface area contributed by atoms with Gasteiger partial charge in [0.05, 0.1) is 10.2 Å². The van der Waals surface area contributed by atoms with Gasteiger partial charge in [-0.05, 0) is 28.8 Å². The third-order valence-corrected chi connectivity index (χ3v) is 4.85. The molecule has 0 bridgehead atoms. The minimum Gasteiger partial charge on any atom is -0.240 e. The van der Waals surface area contributed by atoms with Crippen LogP contribution in [0.2, 0.25) is 0 Å². The van der Waals surface area contributed by atoms with Gasteiger partial charge < -0.3 is 0 Å². The van der Waals surface area contributed by atoms with Gasteiger partial charge in [0, 0.05) is 30.9 Å². The van der Waals surface area contributed by atoms with Crippen molar-refractivity contribution in [3.05, 3.63) is 22.2 Å². The molecule has 2 saturated carbocycles. The summed E-state index contributed by atoms with van der Waals surface area (Å²) < 4.78 is 26.8. The first-order valence-corrected chi connectivity index (χ1v) is 7.75. The summed E-state index contributed by atoms with van der Waals surface area (Å²) in [5.41, 5.74) is 1.03. The highest BCUT2D eigenvalue weighted by Crippen LogP contribution is 2.47. The van der Waals surface area contributed by atoms with E-state index in [0.29, 0.717) is 11.7 Å². The monoisotopic (exact) mass is 330 g/mol. The van der Waals surface area contributed by atoms with Crippen molar-refractivity contribution in [1.29, 1.82) is 0 Å². The Morgan fingerprint density at radius 1 is 1.11 bits per heavy atom. The van der Waals surface area contributed by atoms with E-state index in [-0.39, 0.29) is 18.8 Å². The van der Waals surface area contributed by atoms with Crippen LogP contribution in [0.5, 0.6) is 0 Å². The maximum Gasteiger partial charge on any atom is 0.249 e. The van der Waals surface area contributed by atoms with Gasteiger partial charge in [-0.2, -0.15) is 0 Å². The summed E-state index contributed by atoms with van der Waals surface area (Å²) in [4.78, 5) is 8.82. The summed E-state index contributed by atoms with van der Waals surface area (Å²) in [6, 6.07) is 0. The molecule has 104 valence electrons. The van der Waals surface area contributed by atoms with Crippen LogP contribution >= 0.6 is 15.9 Å². The fourth-order valence-electron chi connectivity index (χ4n) is 3.10. The summed E-state index contributed by atoms with van der Waals surface area (Å²) in [7, 11) is 0. The average molecular weight is 331 g/mol. The van der Waals surface area contributed by atoms with Crippen LogP contribution in [-0.4, -0.2) is 15.9 Å². The van der Waals surface area contributed by atoms with Gasteiger partial charge in [-0.1, -0.05) is 19.3 Å². The molecule has 2 aliphatic rings. The Labute approximate surface area is 120 Å². The normalized spacial score (nSPS) is 24.2. The molecule has 0 unspecified atom stereocenters. The van der Waals surface area contributed by atoms with Crippen molar-refractivity contribution >= 4 is 15.9 Å². The van der Waals surface area contributed by atoms with E-state index in [1.54, 1.807) is 6.20 Å². The highest BCUT2D eigenvalue weighted by Gasteiger charge is 2.47. The fraction of sp³-hybridized carbons (Fsp3) is 0.714. The number of rotatable bonds is 2. The molecule has 19 heavy (non-hydrogen) atoms. The van der Waals surface area contributed by atoms with E-state index in [1.165, 1.54) is 19.3 Å². The number of hydrogen-bond donors (Lipinski definition) is 0. The summed E-state index contributed by atoms with van der Waals surface area (Å²) in [5, 5.41) is 0. The Balaban J connectivity index is 1.80. The quantitative estimate of drug-likeness (QED) is 0.778. The van der Waals surface area contributed by atoms with Crippen LogP contribution in [0.25, 0.3) is 0 Å². The zero-order valence-corrected chi connectivity index (χ0v) is 12.3. The van der Waals surface area contributed by atoms with Gasteiger partial charge in [-0.15, -0.1) is 0 Å². The largest absolute Gasteiger partial charge is 0.249 e. The summed E-state index contributed by atoms with van der Waals surface area (Å²) in [6.07, 6.45) is 7.60. The lowest BCUT2D eigenvalue weighted by Crippen LogP contribution is -2.34. The van der Waals surface area contributed by atoms with Crippen LogP contribution in [0.1, 0.15) is 68.3 Å². The zero-order valence-electron chi connectivity index (χ0n) is 10.7. The van der Waals surface area contributed by atoms with Crippen molar-refractivity contribution in [2.24, 2.45) is 0 Å². The van der Waals surface area contributed by atoms with Crippen LogP contribution in [0.3, 0.4) is 0 Å². The van der Waals surface area contributed by atoms with Gasteiger partial charge in [-0.3, -0.25) is 0 Å². The first-order chi connectivity index (χ1) is 9.05. The van der Waals surface area contributed by atoms with Crippen molar-refractivity contribution in [2.75, 3.05) is 0 Å². The molecule has 0 radical (unpaired) electrons. The smallest absolute Gasteiger partial charge is 0.240 e. The lowest BCUT2D eigenvalue weighted by atomic mass is 9.80. The Morgan fingerprint density at radius 2 is 1.79 bits per heavy atom. The summed E-state index contributed by atoms with van der Waals surface area (Å²) in [6.45, 7) is 0. The predicted octanol–water partition coefficient (Wildman–Crippen LogP) is 4.80. The third-order valence-electron chi connectivity index (χ3n) is 4.24. The highest BCUT2D eigenvalue weighted by molar-refractivity contribution is 9.10. The number of halogens is 3. The lowest BCUT2D eigenvalue weighted by molar-refractivity contribution is -0.0885. The Hall–Kier alpha value is -0.580. The van der Waals surface area contributed by atoms with Gasteiger partial charge in [-0.25, -0.2) is 18.7 Å². The molecule has 1 heterocycles. The fourth-order valence-corrected chi connectivity index (χ4v) is 3.61. The van der Waals surface area contributed by atoms with Gasteiger partial charge in [0.25, 0.3) is 0 Å². The van der Waals surface area contributed by atoms with E-state index in [4.69, 9.17) is 0 Å². The standard InChI is InChI=1S/C14H17BrF2N2/c15-11-8-18-13(10-6-14(16,17)7-10)19-12(11)9-4-2-1-3-5-9/h8-10H,1-7H2. The topological polar surface area (TPSA) is 25.8 Å². The molecule has 2 aliphatic carbocycles. The molecule has 0 aromatic carbocycles. The second-order valence-corrected chi connectivity index (χ2v) is 6.61. The van der Waals surface area contributed by atoms with Crippen LogP contribution < -0.4 is 0 Å². The van der Waals surface area contributed by atoms with E-state index in [0.717, 1.165) is 23.0 Å². The molecule has 0 aliphatic heterocycles. The van der Waals surface area contributed by atoms with Crippen molar-refractivity contribution in [3.63, 3.8) is 0 Å². The van der Waals surface area contributed by atoms with Crippen LogP contribution in [0.15, 0.2) is 10.7 Å². The van der Waals surface area contributed by atoms with E-state index in [2.05, 4.69) is 25.9 Å². The number of aromatic nitrogens is 2. The SMILES string of the molecule is FC1(F)CC(c2ncc(Br)c(C3CCCCC3)n2)C1. The Kier molecular flexibility index (Phi) is 3.58. The molecule has 1 aromatic heterocycles. The molecular weight excluding hydrogens is 314 g/mol. The molecule has 1 aromatic rings. The van der Waals surface area contributed by atoms with Crippen molar-refractivity contribution in [1.82, 2.24) is 9.97 Å². The first-order valence-electron chi connectivity index (χ1n) is 6.95. The molecule has 0 spiro atoms. The molecule has 0 atom stereocenters. The third kappa shape index (κ3) is 2.81. The predicted molar refractivity (Wildman–Crippen MR) is 72.5 cm³/mol. The van der Waals surface area contributed by atoms with Crippen LogP contribution in [0, 0.1) is 0 Å². The number of alkyl halides is 2. The molecule has 0 amide bonds. The molecule has 2 nitrogen and oxygen atoms in total. The highest BCUT2D eigenvalue weighted by atomic mass is 79.9. The van der Waals surface area contributed by atoms with Crippen molar-refractivity contribution < 1.29 is 8.78 Å². The Bertz CT molecular complexity index is 465. The maximum absolute atomic E-state index is 12.9. The minimum atomic E-state index is -2.51. The summed E-state index contributed by atoms with van der Waals surface area (Å²) >= 11 is 3.50. The van der Waals surface area contributed by atoms with Crippen molar-refractivity contribution in [3.8, 4) is 0 Å². The molecular formula is C14H17BrF2N2.